The molecule has 0 spiro atoms. The Balaban J connectivity index is 2.08. The van der Waals surface area contributed by atoms with E-state index in [1.165, 1.54) is 5.56 Å². The third kappa shape index (κ3) is 3.92. The maximum absolute atomic E-state index is 12.2. The van der Waals surface area contributed by atoms with Crippen molar-refractivity contribution in [2.45, 2.75) is 32.7 Å². The predicted octanol–water partition coefficient (Wildman–Crippen LogP) is 3.70. The number of hydrogen-bond donors (Lipinski definition) is 2. The molecule has 21 heavy (non-hydrogen) atoms. The van der Waals surface area contributed by atoms with Crippen molar-refractivity contribution in [3.63, 3.8) is 0 Å². The summed E-state index contributed by atoms with van der Waals surface area (Å²) in [6.45, 7) is 6.98. The SMILES string of the molecule is CC(C)(C)c1ccc(NC(=O)c2ccc(CN)cc2)cc1. The van der Waals surface area contributed by atoms with Crippen LogP contribution in [-0.4, -0.2) is 5.91 Å². The molecule has 2 aromatic rings. The minimum Gasteiger partial charge on any atom is -0.326 e. The average Bonchev–Trinajstić information content (AvgIpc) is 2.47. The lowest BCUT2D eigenvalue weighted by molar-refractivity contribution is 0.102. The number of benzene rings is 2. The van der Waals surface area contributed by atoms with Crippen LogP contribution < -0.4 is 11.1 Å². The van der Waals surface area contributed by atoms with E-state index >= 15 is 0 Å². The Morgan fingerprint density at radius 3 is 2.05 bits per heavy atom. The lowest BCUT2D eigenvalue weighted by Gasteiger charge is -2.19. The fraction of sp³-hybridized carbons (Fsp3) is 0.278. The van der Waals surface area contributed by atoms with Crippen molar-refractivity contribution >= 4 is 11.6 Å². The standard InChI is InChI=1S/C18H22N2O/c1-18(2,3)15-8-10-16(11-9-15)20-17(21)14-6-4-13(12-19)5-7-14/h4-11H,12,19H2,1-3H3,(H,20,21). The highest BCUT2D eigenvalue weighted by molar-refractivity contribution is 6.04. The first kappa shape index (κ1) is 15.3. The van der Waals surface area contributed by atoms with E-state index in [4.69, 9.17) is 5.73 Å². The van der Waals surface area contributed by atoms with Gasteiger partial charge in [-0.05, 0) is 40.8 Å². The van der Waals surface area contributed by atoms with Gasteiger partial charge in [-0.25, -0.2) is 0 Å². The molecule has 3 N–H and O–H groups in total. The molecule has 0 fully saturated rings. The molecule has 0 aromatic heterocycles. The van der Waals surface area contributed by atoms with E-state index in [-0.39, 0.29) is 11.3 Å². The molecule has 0 atom stereocenters. The predicted molar refractivity (Wildman–Crippen MR) is 87.4 cm³/mol. The highest BCUT2D eigenvalue weighted by Crippen LogP contribution is 2.23. The van der Waals surface area contributed by atoms with E-state index in [1.807, 2.05) is 36.4 Å². The van der Waals surface area contributed by atoms with Crippen LogP contribution in [0.5, 0.6) is 0 Å². The summed E-state index contributed by atoms with van der Waals surface area (Å²) in [5, 5.41) is 2.90. The largest absolute Gasteiger partial charge is 0.326 e. The van der Waals surface area contributed by atoms with Crippen LogP contribution in [0.3, 0.4) is 0 Å². The van der Waals surface area contributed by atoms with Crippen LogP contribution in [0.4, 0.5) is 5.69 Å². The van der Waals surface area contributed by atoms with Gasteiger partial charge >= 0.3 is 0 Å². The third-order valence-electron chi connectivity index (χ3n) is 3.46. The number of carbonyl (C=O) groups excluding carboxylic acids is 1. The smallest absolute Gasteiger partial charge is 0.255 e. The summed E-state index contributed by atoms with van der Waals surface area (Å²) < 4.78 is 0. The van der Waals surface area contributed by atoms with Gasteiger partial charge in [-0.3, -0.25) is 4.79 Å². The van der Waals surface area contributed by atoms with Crippen LogP contribution >= 0.6 is 0 Å². The molecule has 1 amide bonds. The van der Waals surface area contributed by atoms with Gasteiger partial charge in [0.15, 0.2) is 0 Å². The van der Waals surface area contributed by atoms with Crippen molar-refractivity contribution in [3.8, 4) is 0 Å². The van der Waals surface area contributed by atoms with Gasteiger partial charge in [0, 0.05) is 17.8 Å². The maximum Gasteiger partial charge on any atom is 0.255 e. The van der Waals surface area contributed by atoms with E-state index in [0.29, 0.717) is 12.1 Å². The number of anilines is 1. The zero-order valence-electron chi connectivity index (χ0n) is 12.8. The number of nitrogens with two attached hydrogens (primary N) is 1. The van der Waals surface area contributed by atoms with E-state index in [0.717, 1.165) is 11.3 Å². The molecule has 0 radical (unpaired) electrons. The Kier molecular flexibility index (Phi) is 4.43. The average molecular weight is 282 g/mol. The molecule has 3 nitrogen and oxygen atoms in total. The lowest BCUT2D eigenvalue weighted by Crippen LogP contribution is -2.13. The molecule has 110 valence electrons. The summed E-state index contributed by atoms with van der Waals surface area (Å²) >= 11 is 0. The molecule has 3 heteroatoms. The first-order valence-electron chi connectivity index (χ1n) is 7.11. The van der Waals surface area contributed by atoms with Crippen molar-refractivity contribution in [2.75, 3.05) is 5.32 Å². The van der Waals surface area contributed by atoms with E-state index < -0.39 is 0 Å². The van der Waals surface area contributed by atoms with Gasteiger partial charge in [-0.2, -0.15) is 0 Å². The highest BCUT2D eigenvalue weighted by atomic mass is 16.1. The highest BCUT2D eigenvalue weighted by Gasteiger charge is 2.13. The molecule has 0 heterocycles. The molecular weight excluding hydrogens is 260 g/mol. The van der Waals surface area contributed by atoms with Crippen LogP contribution in [0.1, 0.15) is 42.3 Å². The molecule has 0 bridgehead atoms. The van der Waals surface area contributed by atoms with Crippen LogP contribution in [0.15, 0.2) is 48.5 Å². The van der Waals surface area contributed by atoms with Gasteiger partial charge in [-0.15, -0.1) is 0 Å². The number of hydrogen-bond acceptors (Lipinski definition) is 2. The van der Waals surface area contributed by atoms with E-state index in [1.54, 1.807) is 12.1 Å². The second kappa shape index (κ2) is 6.10. The van der Waals surface area contributed by atoms with Crippen molar-refractivity contribution in [3.05, 3.63) is 65.2 Å². The van der Waals surface area contributed by atoms with Crippen LogP contribution in [-0.2, 0) is 12.0 Å². The van der Waals surface area contributed by atoms with E-state index in [2.05, 4.69) is 26.1 Å². The number of nitrogens with one attached hydrogen (secondary N) is 1. The molecule has 0 aliphatic rings. The Bertz CT molecular complexity index is 607. The van der Waals surface area contributed by atoms with Crippen molar-refractivity contribution in [1.82, 2.24) is 0 Å². The topological polar surface area (TPSA) is 55.1 Å². The molecule has 2 aromatic carbocycles. The van der Waals surface area contributed by atoms with Gasteiger partial charge in [-0.1, -0.05) is 45.0 Å². The number of amides is 1. The maximum atomic E-state index is 12.2. The second-order valence-corrected chi connectivity index (χ2v) is 6.18. The normalized spacial score (nSPS) is 11.2. The first-order valence-corrected chi connectivity index (χ1v) is 7.11. The zero-order chi connectivity index (χ0) is 15.5. The number of rotatable bonds is 3. The third-order valence-corrected chi connectivity index (χ3v) is 3.46. The fourth-order valence-electron chi connectivity index (χ4n) is 2.05. The first-order chi connectivity index (χ1) is 9.90. The van der Waals surface area contributed by atoms with Gasteiger partial charge in [0.2, 0.25) is 0 Å². The summed E-state index contributed by atoms with van der Waals surface area (Å²) in [5.41, 5.74) is 9.35. The Labute approximate surface area is 126 Å². The zero-order valence-corrected chi connectivity index (χ0v) is 12.8. The van der Waals surface area contributed by atoms with Gasteiger partial charge in [0.25, 0.3) is 5.91 Å². The van der Waals surface area contributed by atoms with Gasteiger partial charge < -0.3 is 11.1 Å². The van der Waals surface area contributed by atoms with Crippen molar-refractivity contribution in [1.29, 1.82) is 0 Å². The summed E-state index contributed by atoms with van der Waals surface area (Å²) in [6.07, 6.45) is 0. The van der Waals surface area contributed by atoms with Crippen LogP contribution in [0, 0.1) is 0 Å². The summed E-state index contributed by atoms with van der Waals surface area (Å²) in [7, 11) is 0. The molecule has 0 saturated heterocycles. The number of carbonyl (C=O) groups is 1. The monoisotopic (exact) mass is 282 g/mol. The quantitative estimate of drug-likeness (QED) is 0.902. The Morgan fingerprint density at radius 1 is 1.00 bits per heavy atom. The van der Waals surface area contributed by atoms with Crippen molar-refractivity contribution < 1.29 is 4.79 Å². The summed E-state index contributed by atoms with van der Waals surface area (Å²) in [4.78, 5) is 12.2. The van der Waals surface area contributed by atoms with Crippen LogP contribution in [0.25, 0.3) is 0 Å². The molecular formula is C18H22N2O. The summed E-state index contributed by atoms with van der Waals surface area (Å²) in [5.74, 6) is -0.109. The lowest BCUT2D eigenvalue weighted by atomic mass is 9.87. The summed E-state index contributed by atoms with van der Waals surface area (Å²) in [6, 6.07) is 15.3. The molecule has 0 aliphatic heterocycles. The Hall–Kier alpha value is -2.13. The van der Waals surface area contributed by atoms with Gasteiger partial charge in [0.05, 0.1) is 0 Å². The van der Waals surface area contributed by atoms with Gasteiger partial charge in [0.1, 0.15) is 0 Å². The molecule has 0 aliphatic carbocycles. The molecule has 2 rings (SSSR count). The fourth-order valence-corrected chi connectivity index (χ4v) is 2.05. The minimum atomic E-state index is -0.109. The molecule has 0 unspecified atom stereocenters. The Morgan fingerprint density at radius 2 is 1.57 bits per heavy atom. The van der Waals surface area contributed by atoms with Crippen LogP contribution in [0.2, 0.25) is 0 Å². The van der Waals surface area contributed by atoms with Crippen molar-refractivity contribution in [2.24, 2.45) is 5.73 Å². The minimum absolute atomic E-state index is 0.109. The second-order valence-electron chi connectivity index (χ2n) is 6.18. The molecule has 0 saturated carbocycles. The van der Waals surface area contributed by atoms with E-state index in [9.17, 15) is 4.79 Å².